The van der Waals surface area contributed by atoms with Gasteiger partial charge in [-0.05, 0) is 51.0 Å². The fourth-order valence-corrected chi connectivity index (χ4v) is 4.50. The minimum absolute atomic E-state index is 0.0385. The molecule has 0 radical (unpaired) electrons. The van der Waals surface area contributed by atoms with Gasteiger partial charge in [0.05, 0.1) is 0 Å². The maximum absolute atomic E-state index is 12.7. The fourth-order valence-electron chi connectivity index (χ4n) is 4.06. The van der Waals surface area contributed by atoms with Gasteiger partial charge in [-0.1, -0.05) is 17.7 Å². The van der Waals surface area contributed by atoms with Crippen molar-refractivity contribution in [2.45, 2.75) is 38.6 Å². The van der Waals surface area contributed by atoms with Crippen molar-refractivity contribution in [1.82, 2.24) is 15.1 Å². The smallest absolute Gasteiger partial charge is 0.253 e. The molecule has 5 nitrogen and oxygen atoms in total. The lowest BCUT2D eigenvalue weighted by atomic mass is 9.94. The summed E-state index contributed by atoms with van der Waals surface area (Å²) in [6, 6.07) is 8.04. The van der Waals surface area contributed by atoms with Gasteiger partial charge in [-0.15, -0.1) is 0 Å². The number of thioether (sulfide) groups is 1. The predicted molar refractivity (Wildman–Crippen MR) is 116 cm³/mol. The van der Waals surface area contributed by atoms with Crippen LogP contribution in [0.1, 0.15) is 41.6 Å². The average Bonchev–Trinajstić information content (AvgIpc) is 2.73. The van der Waals surface area contributed by atoms with Gasteiger partial charge in [-0.2, -0.15) is 11.8 Å². The summed E-state index contributed by atoms with van der Waals surface area (Å²) >= 11 is 1.89. The van der Waals surface area contributed by atoms with Crippen molar-refractivity contribution in [2.24, 2.45) is 5.92 Å². The number of carbonyl (C=O) groups excluding carboxylic acids is 2. The van der Waals surface area contributed by atoms with Crippen molar-refractivity contribution >= 4 is 23.6 Å². The van der Waals surface area contributed by atoms with E-state index in [4.69, 9.17) is 0 Å². The molecule has 6 heteroatoms. The van der Waals surface area contributed by atoms with Gasteiger partial charge >= 0.3 is 0 Å². The first-order valence-corrected chi connectivity index (χ1v) is 11.8. The van der Waals surface area contributed by atoms with Gasteiger partial charge < -0.3 is 15.1 Å². The molecule has 0 aliphatic carbocycles. The molecule has 28 heavy (non-hydrogen) atoms. The minimum atomic E-state index is 0.0385. The van der Waals surface area contributed by atoms with Crippen molar-refractivity contribution in [3.63, 3.8) is 0 Å². The van der Waals surface area contributed by atoms with E-state index < -0.39 is 0 Å². The Labute approximate surface area is 173 Å². The lowest BCUT2D eigenvalue weighted by Gasteiger charge is -2.35. The molecule has 1 N–H and O–H groups in total. The third kappa shape index (κ3) is 5.74. The molecule has 2 aliphatic heterocycles. The van der Waals surface area contributed by atoms with Crippen LogP contribution in [-0.4, -0.2) is 72.4 Å². The maximum atomic E-state index is 12.7. The van der Waals surface area contributed by atoms with Crippen molar-refractivity contribution in [3.8, 4) is 0 Å². The standard InChI is InChI=1S/C22H33N3O2S/c1-17-3-5-19(6-4-17)22(27)25-13-7-18(8-14-25)21(26)23-20-9-11-24(12-10-20)15-16-28-2/h3-6,18,20H,7-16H2,1-2H3,(H,23,26). The first kappa shape index (κ1) is 21.2. The van der Waals surface area contributed by atoms with Crippen LogP contribution in [0.3, 0.4) is 0 Å². The van der Waals surface area contributed by atoms with Gasteiger partial charge in [0.1, 0.15) is 0 Å². The van der Waals surface area contributed by atoms with E-state index in [-0.39, 0.29) is 17.7 Å². The topological polar surface area (TPSA) is 52.7 Å². The van der Waals surface area contributed by atoms with E-state index in [1.165, 1.54) is 5.75 Å². The molecule has 154 valence electrons. The molecule has 0 atom stereocenters. The molecule has 0 aromatic heterocycles. The van der Waals surface area contributed by atoms with Gasteiger partial charge in [-0.3, -0.25) is 9.59 Å². The summed E-state index contributed by atoms with van der Waals surface area (Å²) < 4.78 is 0. The van der Waals surface area contributed by atoms with Crippen LogP contribution in [0.15, 0.2) is 24.3 Å². The molecule has 2 saturated heterocycles. The van der Waals surface area contributed by atoms with Gasteiger partial charge in [0.25, 0.3) is 5.91 Å². The van der Waals surface area contributed by atoms with Gasteiger partial charge in [-0.25, -0.2) is 0 Å². The molecule has 2 fully saturated rings. The summed E-state index contributed by atoms with van der Waals surface area (Å²) in [4.78, 5) is 29.7. The third-order valence-corrected chi connectivity index (χ3v) is 6.59. The van der Waals surface area contributed by atoms with Crippen molar-refractivity contribution in [1.29, 1.82) is 0 Å². The average molecular weight is 404 g/mol. The van der Waals surface area contributed by atoms with Crippen LogP contribution in [0.2, 0.25) is 0 Å². The number of piperidine rings is 2. The van der Waals surface area contributed by atoms with Gasteiger partial charge in [0.2, 0.25) is 5.91 Å². The Bertz CT molecular complexity index is 648. The van der Waals surface area contributed by atoms with Crippen LogP contribution in [-0.2, 0) is 4.79 Å². The van der Waals surface area contributed by atoms with Crippen LogP contribution in [0.5, 0.6) is 0 Å². The van der Waals surface area contributed by atoms with Crippen LogP contribution in [0, 0.1) is 12.8 Å². The van der Waals surface area contributed by atoms with Crippen molar-refractivity contribution < 1.29 is 9.59 Å². The van der Waals surface area contributed by atoms with Gasteiger partial charge in [0, 0.05) is 56.0 Å². The highest BCUT2D eigenvalue weighted by Gasteiger charge is 2.29. The molecule has 1 aromatic carbocycles. The summed E-state index contributed by atoms with van der Waals surface area (Å²) in [5.74, 6) is 1.48. The molecular weight excluding hydrogens is 370 g/mol. The Balaban J connectivity index is 1.40. The second-order valence-electron chi connectivity index (χ2n) is 8.05. The number of likely N-dealkylation sites (tertiary alicyclic amines) is 2. The molecule has 2 amide bonds. The van der Waals surface area contributed by atoms with Crippen LogP contribution in [0.4, 0.5) is 0 Å². The van der Waals surface area contributed by atoms with E-state index in [9.17, 15) is 9.59 Å². The Hall–Kier alpha value is -1.53. The number of benzene rings is 1. The quantitative estimate of drug-likeness (QED) is 0.794. The van der Waals surface area contributed by atoms with E-state index in [0.29, 0.717) is 19.1 Å². The first-order valence-electron chi connectivity index (χ1n) is 10.4. The summed E-state index contributed by atoms with van der Waals surface area (Å²) in [6.45, 7) is 6.65. The summed E-state index contributed by atoms with van der Waals surface area (Å²) in [6.07, 6.45) is 5.76. The Kier molecular flexibility index (Phi) is 7.80. The van der Waals surface area contributed by atoms with E-state index in [2.05, 4.69) is 16.5 Å². The number of hydrogen-bond acceptors (Lipinski definition) is 4. The highest BCUT2D eigenvalue weighted by Crippen LogP contribution is 2.21. The normalized spacial score (nSPS) is 19.6. The Morgan fingerprint density at radius 1 is 1.04 bits per heavy atom. The molecule has 2 heterocycles. The zero-order chi connectivity index (χ0) is 19.9. The van der Waals surface area contributed by atoms with Crippen molar-refractivity contribution in [2.75, 3.05) is 44.7 Å². The Morgan fingerprint density at radius 2 is 1.68 bits per heavy atom. The lowest BCUT2D eigenvalue weighted by molar-refractivity contribution is -0.127. The highest BCUT2D eigenvalue weighted by atomic mass is 32.2. The van der Waals surface area contributed by atoms with Crippen LogP contribution in [0.25, 0.3) is 0 Å². The van der Waals surface area contributed by atoms with Crippen LogP contribution >= 0.6 is 11.8 Å². The summed E-state index contributed by atoms with van der Waals surface area (Å²) in [5, 5.41) is 3.27. The molecule has 0 spiro atoms. The number of rotatable bonds is 6. The lowest BCUT2D eigenvalue weighted by Crippen LogP contribution is -2.48. The Morgan fingerprint density at radius 3 is 2.29 bits per heavy atom. The van der Waals surface area contributed by atoms with E-state index in [0.717, 1.165) is 56.4 Å². The number of amides is 2. The zero-order valence-electron chi connectivity index (χ0n) is 17.2. The van der Waals surface area contributed by atoms with Crippen LogP contribution < -0.4 is 5.32 Å². The van der Waals surface area contributed by atoms with Gasteiger partial charge in [0.15, 0.2) is 0 Å². The molecule has 1 aromatic rings. The monoisotopic (exact) mass is 403 g/mol. The number of hydrogen-bond donors (Lipinski definition) is 1. The molecule has 2 aliphatic rings. The molecule has 0 unspecified atom stereocenters. The maximum Gasteiger partial charge on any atom is 0.253 e. The van der Waals surface area contributed by atoms with E-state index >= 15 is 0 Å². The van der Waals surface area contributed by atoms with Crippen molar-refractivity contribution in [3.05, 3.63) is 35.4 Å². The predicted octanol–water partition coefficient (Wildman–Crippen LogP) is 2.79. The first-order chi connectivity index (χ1) is 13.6. The van der Waals surface area contributed by atoms with E-state index in [1.807, 2.05) is 47.9 Å². The number of nitrogens with zero attached hydrogens (tertiary/aromatic N) is 2. The SMILES string of the molecule is CSCCN1CCC(NC(=O)C2CCN(C(=O)c3ccc(C)cc3)CC2)CC1. The second-order valence-corrected chi connectivity index (χ2v) is 9.04. The third-order valence-electron chi connectivity index (χ3n) is 6.00. The highest BCUT2D eigenvalue weighted by molar-refractivity contribution is 7.98. The number of aryl methyl sites for hydroxylation is 1. The number of carbonyl (C=O) groups is 2. The summed E-state index contributed by atoms with van der Waals surface area (Å²) in [7, 11) is 0. The fraction of sp³-hybridized carbons (Fsp3) is 0.636. The molecular formula is C22H33N3O2S. The van der Waals surface area contributed by atoms with E-state index in [1.54, 1.807) is 0 Å². The summed E-state index contributed by atoms with van der Waals surface area (Å²) in [5.41, 5.74) is 1.89. The largest absolute Gasteiger partial charge is 0.353 e. The molecule has 0 saturated carbocycles. The minimum Gasteiger partial charge on any atom is -0.353 e. The molecule has 0 bridgehead atoms. The number of nitrogens with one attached hydrogen (secondary N) is 1. The second kappa shape index (κ2) is 10.3. The zero-order valence-corrected chi connectivity index (χ0v) is 18.0. The molecule has 3 rings (SSSR count).